The van der Waals surface area contributed by atoms with Crippen molar-refractivity contribution in [3.05, 3.63) is 0 Å². The van der Waals surface area contributed by atoms with Gasteiger partial charge in [-0.2, -0.15) is 0 Å². The van der Waals surface area contributed by atoms with Gasteiger partial charge in [0.1, 0.15) is 0 Å². The second kappa shape index (κ2) is 6.54. The molecule has 0 aliphatic carbocycles. The zero-order valence-corrected chi connectivity index (χ0v) is 5.22. The van der Waals surface area contributed by atoms with Crippen LogP contribution in [0.1, 0.15) is 8.22 Å². The predicted molar refractivity (Wildman–Crippen MR) is 36.5 cm³/mol. The van der Waals surface area contributed by atoms with Crippen molar-refractivity contribution in [2.45, 2.75) is 0 Å². The predicted octanol–water partition coefficient (Wildman–Crippen LogP) is 1.21. The van der Waals surface area contributed by atoms with Gasteiger partial charge in [0, 0.05) is 20.6 Å². The van der Waals surface area contributed by atoms with E-state index in [1.807, 2.05) is 0 Å². The highest BCUT2D eigenvalue weighted by Gasteiger charge is 1.81. The molecule has 0 aliphatic heterocycles. The molecule has 0 N–H and O–H groups in total. The summed E-state index contributed by atoms with van der Waals surface area (Å²) >= 11 is 5.27. The molecule has 7 heavy (non-hydrogen) atoms. The smallest absolute Gasteiger partial charge is 0.0394 e. The van der Waals surface area contributed by atoms with Crippen molar-refractivity contribution in [1.29, 1.82) is 0 Å². The van der Waals surface area contributed by atoms with Crippen LogP contribution in [-0.4, -0.2) is 31.3 Å². The molecule has 0 aromatic rings. The Labute approximate surface area is 64.5 Å². The van der Waals surface area contributed by atoms with Crippen molar-refractivity contribution >= 4 is 24.0 Å². The van der Waals surface area contributed by atoms with E-state index in [1.165, 1.54) is 0 Å². The lowest BCUT2D eigenvalue weighted by atomic mass is 10.7. The molecule has 0 unspecified atom stereocenters. The van der Waals surface area contributed by atoms with E-state index in [1.54, 1.807) is 0 Å². The Morgan fingerprint density at radius 1 is 1.71 bits per heavy atom. The van der Waals surface area contributed by atoms with Gasteiger partial charge in [0.15, 0.2) is 0 Å². The van der Waals surface area contributed by atoms with Crippen LogP contribution in [0.25, 0.3) is 0 Å². The van der Waals surface area contributed by atoms with Gasteiger partial charge in [-0.05, 0) is 14.0 Å². The van der Waals surface area contributed by atoms with Gasteiger partial charge >= 0.3 is 0 Å². The van der Waals surface area contributed by atoms with E-state index in [4.69, 9.17) is 19.8 Å². The average molecular weight is 150 g/mol. The van der Waals surface area contributed by atoms with Crippen molar-refractivity contribution < 1.29 is 8.22 Å². The van der Waals surface area contributed by atoms with Crippen LogP contribution in [0, 0.1) is 0 Å². The first-order valence-corrected chi connectivity index (χ1v) is 2.07. The normalized spacial score (nSPS) is 24.9. The summed E-state index contributed by atoms with van der Waals surface area (Å²) in [4.78, 5) is 0.424. The number of hydrogen-bond acceptors (Lipinski definition) is 1. The number of nitrogens with zero attached hydrogens (tertiary/aromatic N) is 1. The van der Waals surface area contributed by atoms with Crippen LogP contribution in [0.5, 0.6) is 0 Å². The van der Waals surface area contributed by atoms with Gasteiger partial charge in [-0.3, -0.25) is 0 Å². The fourth-order valence-corrected chi connectivity index (χ4v) is 0.254. The van der Waals surface area contributed by atoms with E-state index in [0.29, 0.717) is 4.90 Å². The van der Waals surface area contributed by atoms with E-state index in [9.17, 15) is 0 Å². The maximum Gasteiger partial charge on any atom is 0.0394 e. The lowest BCUT2D eigenvalue weighted by molar-refractivity contribution is 0.436. The minimum atomic E-state index is -2.61. The molecule has 0 saturated heterocycles. The molecular weight excluding hydrogens is 133 g/mol. The van der Waals surface area contributed by atoms with Crippen molar-refractivity contribution in [2.24, 2.45) is 0 Å². The molecule has 1 nitrogen and oxygen atoms in total. The molecule has 0 aromatic carbocycles. The third-order valence-corrected chi connectivity index (χ3v) is 0.477. The maximum absolute atomic E-state index is 6.89. The standard InChI is InChI=1S/C4H10ClN.ClH/c1-6(2)4-3-5;/h3-4H2,1-2H3;1H/i1D3,2D3;. The number of hydrogen-bond donors (Lipinski definition) is 0. The summed E-state index contributed by atoms with van der Waals surface area (Å²) in [7, 11) is 0. The Balaban J connectivity index is 0. The molecule has 0 saturated carbocycles. The summed E-state index contributed by atoms with van der Waals surface area (Å²) in [6.07, 6.45) is 0. The van der Waals surface area contributed by atoms with Gasteiger partial charge in [-0.15, -0.1) is 24.0 Å². The Bertz CT molecular complexity index is 129. The second-order valence-electron chi connectivity index (χ2n) is 0.841. The maximum atomic E-state index is 6.89. The third-order valence-electron chi connectivity index (χ3n) is 0.308. The van der Waals surface area contributed by atoms with Gasteiger partial charge < -0.3 is 4.90 Å². The van der Waals surface area contributed by atoms with Crippen molar-refractivity contribution in [2.75, 3.05) is 26.4 Å². The van der Waals surface area contributed by atoms with Gasteiger partial charge in [0.05, 0.1) is 0 Å². The molecule has 0 fully saturated rings. The molecule has 0 atom stereocenters. The summed E-state index contributed by atoms with van der Waals surface area (Å²) in [6.45, 7) is -5.39. The second-order valence-corrected chi connectivity index (χ2v) is 1.22. The first kappa shape index (κ1) is 2.42. The summed E-state index contributed by atoms with van der Waals surface area (Å²) in [5.41, 5.74) is 0. The Kier molecular flexibility index (Phi) is 2.26. The molecule has 0 radical (unpaired) electrons. The monoisotopic (exact) mass is 149 g/mol. The van der Waals surface area contributed by atoms with Crippen LogP contribution >= 0.6 is 24.0 Å². The van der Waals surface area contributed by atoms with Crippen molar-refractivity contribution in [3.8, 4) is 0 Å². The summed E-state index contributed by atoms with van der Waals surface area (Å²) < 4.78 is 41.3. The van der Waals surface area contributed by atoms with Gasteiger partial charge in [0.2, 0.25) is 0 Å². The Morgan fingerprint density at radius 3 is 2.43 bits per heavy atom. The molecular formula is C4H11Cl2N. The minimum Gasteiger partial charge on any atom is -0.308 e. The molecule has 0 bridgehead atoms. The summed E-state index contributed by atoms with van der Waals surface area (Å²) in [6, 6.07) is 0. The van der Waals surface area contributed by atoms with Gasteiger partial charge in [-0.1, -0.05) is 0 Å². The van der Waals surface area contributed by atoms with Crippen LogP contribution in [0.4, 0.5) is 0 Å². The Hall–Kier alpha value is 0.540. The van der Waals surface area contributed by atoms with Crippen LogP contribution in [0.15, 0.2) is 0 Å². The average Bonchev–Trinajstić information content (AvgIpc) is 1.77. The van der Waals surface area contributed by atoms with E-state index < -0.39 is 14.0 Å². The molecule has 0 heterocycles. The number of rotatable bonds is 2. The van der Waals surface area contributed by atoms with Crippen LogP contribution in [-0.2, 0) is 0 Å². The topological polar surface area (TPSA) is 3.24 Å². The van der Waals surface area contributed by atoms with Crippen LogP contribution in [0.2, 0.25) is 0 Å². The molecule has 0 aromatic heterocycles. The van der Waals surface area contributed by atoms with Crippen LogP contribution < -0.4 is 0 Å². The molecule has 0 amide bonds. The number of alkyl halides is 1. The highest BCUT2D eigenvalue weighted by Crippen LogP contribution is 1.75. The molecule has 0 aliphatic rings. The van der Waals surface area contributed by atoms with Crippen molar-refractivity contribution in [3.63, 3.8) is 0 Å². The minimum absolute atomic E-state index is 0. The largest absolute Gasteiger partial charge is 0.308 e. The molecule has 0 rings (SSSR count). The van der Waals surface area contributed by atoms with Crippen molar-refractivity contribution in [1.82, 2.24) is 4.90 Å². The first-order valence-electron chi connectivity index (χ1n) is 4.53. The fraction of sp³-hybridized carbons (Fsp3) is 1.00. The molecule has 46 valence electrons. The van der Waals surface area contributed by atoms with E-state index in [-0.39, 0.29) is 24.8 Å². The highest BCUT2D eigenvalue weighted by atomic mass is 35.5. The molecule has 0 spiro atoms. The van der Waals surface area contributed by atoms with E-state index in [0.717, 1.165) is 0 Å². The zero-order valence-electron chi connectivity index (χ0n) is 9.65. The molecule has 3 heteroatoms. The first-order chi connectivity index (χ1) is 5.19. The van der Waals surface area contributed by atoms with Gasteiger partial charge in [-0.25, -0.2) is 0 Å². The fourth-order valence-electron chi connectivity index (χ4n) is 0.0845. The SMILES string of the molecule is Cl.[2H]C([2H])([2H])N(CCCl)C([2H])([2H])[2H]. The van der Waals surface area contributed by atoms with E-state index in [2.05, 4.69) is 0 Å². The summed E-state index contributed by atoms with van der Waals surface area (Å²) in [5, 5.41) is 0. The lowest BCUT2D eigenvalue weighted by Crippen LogP contribution is -2.13. The summed E-state index contributed by atoms with van der Waals surface area (Å²) in [5.74, 6) is -0.0171. The Morgan fingerprint density at radius 2 is 2.29 bits per heavy atom. The van der Waals surface area contributed by atoms with E-state index >= 15 is 0 Å². The van der Waals surface area contributed by atoms with Gasteiger partial charge in [0.25, 0.3) is 0 Å². The lowest BCUT2D eigenvalue weighted by Gasteiger charge is -2.02. The zero-order chi connectivity index (χ0) is 9.99. The third kappa shape index (κ3) is 10.8. The quantitative estimate of drug-likeness (QED) is 0.535. The highest BCUT2D eigenvalue weighted by molar-refractivity contribution is 6.18. The number of halogens is 2. The van der Waals surface area contributed by atoms with Crippen LogP contribution in [0.3, 0.4) is 0 Å².